The first-order valence-electron chi connectivity index (χ1n) is 10.8. The number of sulfonamides is 1. The summed E-state index contributed by atoms with van der Waals surface area (Å²) in [5.41, 5.74) is 1.49. The molecule has 1 amide bonds. The second kappa shape index (κ2) is 11.3. The van der Waals surface area contributed by atoms with Crippen LogP contribution in [0.2, 0.25) is 0 Å². The lowest BCUT2D eigenvalue weighted by atomic mass is 10.2. The minimum atomic E-state index is -3.73. The van der Waals surface area contributed by atoms with E-state index in [4.69, 9.17) is 4.74 Å². The molecule has 0 fully saturated rings. The monoisotopic (exact) mass is 530 g/mol. The van der Waals surface area contributed by atoms with Gasteiger partial charge in [0.05, 0.1) is 22.8 Å². The Morgan fingerprint density at radius 1 is 1.00 bits per heavy atom. The van der Waals surface area contributed by atoms with Crippen LogP contribution in [0.4, 0.5) is 11.4 Å². The highest BCUT2D eigenvalue weighted by atomic mass is 79.9. The zero-order valence-electron chi connectivity index (χ0n) is 18.6. The average molecular weight is 531 g/mol. The lowest BCUT2D eigenvalue weighted by Gasteiger charge is -2.23. The van der Waals surface area contributed by atoms with Crippen LogP contribution in [0.25, 0.3) is 0 Å². The summed E-state index contributed by atoms with van der Waals surface area (Å²) in [6.07, 6.45) is 1.89. The van der Waals surface area contributed by atoms with Gasteiger partial charge in [-0.3, -0.25) is 9.10 Å². The molecule has 0 spiro atoms. The Morgan fingerprint density at radius 2 is 1.70 bits per heavy atom. The highest BCUT2D eigenvalue weighted by Gasteiger charge is 2.23. The number of nitrogens with zero attached hydrogens (tertiary/aromatic N) is 1. The second-order valence-electron chi connectivity index (χ2n) is 7.33. The lowest BCUT2D eigenvalue weighted by molar-refractivity contribution is 0.102. The Morgan fingerprint density at radius 3 is 2.33 bits per heavy atom. The number of hydrogen-bond acceptors (Lipinski definition) is 4. The quantitative estimate of drug-likeness (QED) is 0.321. The summed E-state index contributed by atoms with van der Waals surface area (Å²) in [6.45, 7) is 4.69. The number of ether oxygens (including phenoxy) is 1. The van der Waals surface area contributed by atoms with Crippen LogP contribution in [0.1, 0.15) is 37.0 Å². The fourth-order valence-electron chi connectivity index (χ4n) is 3.25. The SMILES string of the molecule is CCCCOc1ccc(Br)cc1C(=O)Nc1ccc(S(=O)(=O)N(CC)c2ccccc2)cc1. The first kappa shape index (κ1) is 24.8. The normalized spacial score (nSPS) is 11.1. The number of carbonyl (C=O) groups excluding carboxylic acids is 1. The first-order valence-corrected chi connectivity index (χ1v) is 13.0. The summed E-state index contributed by atoms with van der Waals surface area (Å²) < 4.78 is 34.2. The van der Waals surface area contributed by atoms with E-state index in [1.807, 2.05) is 12.1 Å². The van der Waals surface area contributed by atoms with Crippen LogP contribution in [-0.4, -0.2) is 27.5 Å². The van der Waals surface area contributed by atoms with Gasteiger partial charge >= 0.3 is 0 Å². The number of unbranched alkanes of at least 4 members (excludes halogenated alkanes) is 1. The highest BCUT2D eigenvalue weighted by Crippen LogP contribution is 2.27. The molecule has 8 heteroatoms. The summed E-state index contributed by atoms with van der Waals surface area (Å²) >= 11 is 3.40. The van der Waals surface area contributed by atoms with Crippen molar-refractivity contribution in [2.75, 3.05) is 22.8 Å². The number of carbonyl (C=O) groups is 1. The number of hydrogen-bond donors (Lipinski definition) is 1. The number of halogens is 1. The topological polar surface area (TPSA) is 75.7 Å². The molecule has 0 aliphatic heterocycles. The zero-order valence-corrected chi connectivity index (χ0v) is 21.0. The molecule has 0 aliphatic carbocycles. The van der Waals surface area contributed by atoms with Gasteiger partial charge in [0.2, 0.25) is 0 Å². The van der Waals surface area contributed by atoms with Crippen LogP contribution in [-0.2, 0) is 10.0 Å². The maximum Gasteiger partial charge on any atom is 0.264 e. The van der Waals surface area contributed by atoms with E-state index < -0.39 is 10.0 Å². The molecule has 0 aromatic heterocycles. The molecule has 3 aromatic carbocycles. The zero-order chi connectivity index (χ0) is 23.8. The van der Waals surface area contributed by atoms with Crippen LogP contribution in [0.3, 0.4) is 0 Å². The largest absolute Gasteiger partial charge is 0.493 e. The van der Waals surface area contributed by atoms with Gasteiger partial charge in [-0.15, -0.1) is 0 Å². The number of para-hydroxylation sites is 1. The van der Waals surface area contributed by atoms with Crippen molar-refractivity contribution in [3.8, 4) is 5.75 Å². The Labute approximate surface area is 203 Å². The summed E-state index contributed by atoms with van der Waals surface area (Å²) in [5, 5.41) is 2.82. The molecular weight excluding hydrogens is 504 g/mol. The van der Waals surface area contributed by atoms with E-state index in [1.165, 1.54) is 16.4 Å². The Balaban J connectivity index is 1.78. The summed E-state index contributed by atoms with van der Waals surface area (Å²) in [5.74, 6) is 0.169. The molecule has 0 aliphatic rings. The lowest BCUT2D eigenvalue weighted by Crippen LogP contribution is -2.30. The van der Waals surface area contributed by atoms with E-state index in [1.54, 1.807) is 55.5 Å². The van der Waals surface area contributed by atoms with Crippen LogP contribution in [0, 0.1) is 0 Å². The molecule has 0 bridgehead atoms. The third-order valence-electron chi connectivity index (χ3n) is 4.97. The second-order valence-corrected chi connectivity index (χ2v) is 10.1. The summed E-state index contributed by atoms with van der Waals surface area (Å²) in [4.78, 5) is 13.1. The van der Waals surface area contributed by atoms with E-state index in [0.29, 0.717) is 35.8 Å². The Bertz CT molecular complexity index is 1180. The van der Waals surface area contributed by atoms with E-state index in [2.05, 4.69) is 28.2 Å². The van der Waals surface area contributed by atoms with Crippen LogP contribution in [0.15, 0.2) is 82.2 Å². The van der Waals surface area contributed by atoms with Crippen molar-refractivity contribution >= 4 is 43.2 Å². The summed E-state index contributed by atoms with van der Waals surface area (Å²) in [7, 11) is -3.73. The van der Waals surface area contributed by atoms with Gasteiger partial charge in [0.1, 0.15) is 5.75 Å². The van der Waals surface area contributed by atoms with Crippen molar-refractivity contribution in [3.63, 3.8) is 0 Å². The number of rotatable bonds is 10. The predicted molar refractivity (Wildman–Crippen MR) is 136 cm³/mol. The van der Waals surface area contributed by atoms with Gasteiger partial charge in [-0.2, -0.15) is 0 Å². The van der Waals surface area contributed by atoms with E-state index >= 15 is 0 Å². The summed E-state index contributed by atoms with van der Waals surface area (Å²) in [6, 6.07) is 20.4. The molecule has 33 heavy (non-hydrogen) atoms. The molecule has 0 saturated heterocycles. The molecule has 1 N–H and O–H groups in total. The van der Waals surface area contributed by atoms with E-state index in [-0.39, 0.29) is 10.8 Å². The van der Waals surface area contributed by atoms with Crippen molar-refractivity contribution in [3.05, 3.63) is 82.8 Å². The van der Waals surface area contributed by atoms with Gasteiger partial charge < -0.3 is 10.1 Å². The number of nitrogens with one attached hydrogen (secondary N) is 1. The maximum atomic E-state index is 13.1. The molecule has 0 saturated carbocycles. The third kappa shape index (κ3) is 6.15. The van der Waals surface area contributed by atoms with Crippen LogP contribution in [0.5, 0.6) is 5.75 Å². The average Bonchev–Trinajstić information content (AvgIpc) is 2.81. The smallest absolute Gasteiger partial charge is 0.264 e. The van der Waals surface area contributed by atoms with Gasteiger partial charge in [-0.25, -0.2) is 8.42 Å². The minimum Gasteiger partial charge on any atom is -0.493 e. The molecule has 3 rings (SSSR count). The molecule has 3 aromatic rings. The molecular formula is C25H27BrN2O4S. The van der Waals surface area contributed by atoms with Crippen molar-refractivity contribution < 1.29 is 17.9 Å². The standard InChI is InChI=1S/C25H27BrN2O4S/c1-3-5-17-32-24-16-11-19(26)18-23(24)25(29)27-20-12-14-22(15-13-20)33(30,31)28(4-2)21-9-7-6-8-10-21/h6-16,18H,3-5,17H2,1-2H3,(H,27,29). The van der Waals surface area contributed by atoms with Gasteiger partial charge in [0.15, 0.2) is 0 Å². The molecule has 0 atom stereocenters. The van der Waals surface area contributed by atoms with Gasteiger partial charge in [0.25, 0.3) is 15.9 Å². The first-order chi connectivity index (χ1) is 15.9. The number of anilines is 2. The Kier molecular flexibility index (Phi) is 8.52. The maximum absolute atomic E-state index is 13.1. The molecule has 0 heterocycles. The van der Waals surface area contributed by atoms with Gasteiger partial charge in [0, 0.05) is 16.7 Å². The van der Waals surface area contributed by atoms with Gasteiger partial charge in [-0.05, 0) is 67.9 Å². The van der Waals surface area contributed by atoms with Crippen molar-refractivity contribution in [1.29, 1.82) is 0 Å². The van der Waals surface area contributed by atoms with Crippen molar-refractivity contribution in [2.45, 2.75) is 31.6 Å². The van der Waals surface area contributed by atoms with Crippen molar-refractivity contribution in [1.82, 2.24) is 0 Å². The fourth-order valence-corrected chi connectivity index (χ4v) is 5.09. The van der Waals surface area contributed by atoms with Gasteiger partial charge in [-0.1, -0.05) is 47.5 Å². The van der Waals surface area contributed by atoms with Crippen LogP contribution >= 0.6 is 15.9 Å². The van der Waals surface area contributed by atoms with E-state index in [0.717, 1.165) is 17.3 Å². The third-order valence-corrected chi connectivity index (χ3v) is 7.38. The van der Waals surface area contributed by atoms with E-state index in [9.17, 15) is 13.2 Å². The fraction of sp³-hybridized carbons (Fsp3) is 0.240. The predicted octanol–water partition coefficient (Wildman–Crippen LogP) is 6.10. The molecule has 6 nitrogen and oxygen atoms in total. The minimum absolute atomic E-state index is 0.150. The molecule has 0 unspecified atom stereocenters. The molecule has 0 radical (unpaired) electrons. The number of amides is 1. The highest BCUT2D eigenvalue weighted by molar-refractivity contribution is 9.10. The Hall–Kier alpha value is -2.84. The number of benzene rings is 3. The van der Waals surface area contributed by atoms with Crippen molar-refractivity contribution in [2.24, 2.45) is 0 Å². The molecule has 174 valence electrons. The van der Waals surface area contributed by atoms with Crippen LogP contribution < -0.4 is 14.4 Å².